The molecule has 0 heterocycles. The molecule has 132 valence electrons. The summed E-state index contributed by atoms with van der Waals surface area (Å²) in [6.07, 6.45) is 0. The number of benzene rings is 4. The molecule has 3 heteroatoms. The smallest absolute Gasteiger partial charge is 0.146 e. The monoisotopic (exact) mass is 388 g/mol. The maximum absolute atomic E-state index is 6.18. The van der Waals surface area contributed by atoms with Crippen molar-refractivity contribution in [2.24, 2.45) is 0 Å². The first-order valence-corrected chi connectivity index (χ1v) is 10.1. The van der Waals surface area contributed by atoms with Gasteiger partial charge in [0.1, 0.15) is 11.5 Å². The van der Waals surface area contributed by atoms with E-state index in [2.05, 4.69) is 66.7 Å². The van der Waals surface area contributed by atoms with Crippen LogP contribution in [0, 0.1) is 0 Å². The van der Waals surface area contributed by atoms with Crippen LogP contribution in [-0.2, 0) is 0 Å². The molecule has 1 unspecified atom stereocenters. The Hall–Kier alpha value is -2.60. The molecule has 0 fully saturated rings. The fraction of sp³-hybridized carbons (Fsp3) is 0. The minimum atomic E-state index is 0.607. The zero-order valence-electron chi connectivity index (χ0n) is 14.6. The van der Waals surface area contributed by atoms with Gasteiger partial charge in [0.25, 0.3) is 0 Å². The van der Waals surface area contributed by atoms with E-state index < -0.39 is 0 Å². The molecule has 0 spiro atoms. The summed E-state index contributed by atoms with van der Waals surface area (Å²) in [5.41, 5.74) is 2.43. The van der Waals surface area contributed by atoms with Crippen LogP contribution in [0.15, 0.2) is 103 Å². The topological polar surface area (TPSA) is 9.23 Å². The highest BCUT2D eigenvalue weighted by Crippen LogP contribution is 2.31. The highest BCUT2D eigenvalue weighted by Gasteiger charge is 2.07. The van der Waals surface area contributed by atoms with Crippen LogP contribution in [-0.4, -0.2) is 0 Å². The maximum atomic E-state index is 6.18. The van der Waals surface area contributed by atoms with Gasteiger partial charge in [0.2, 0.25) is 0 Å². The highest BCUT2D eigenvalue weighted by atomic mass is 35.5. The van der Waals surface area contributed by atoms with Crippen molar-refractivity contribution >= 4 is 30.8 Å². The first-order valence-electron chi connectivity index (χ1n) is 8.73. The molecule has 0 bridgehead atoms. The van der Waals surface area contributed by atoms with Crippen LogP contribution in [0.5, 0.6) is 11.5 Å². The Morgan fingerprint density at radius 3 is 2.07 bits per heavy atom. The van der Waals surface area contributed by atoms with E-state index in [0.717, 1.165) is 5.75 Å². The molecule has 4 aromatic rings. The van der Waals surface area contributed by atoms with Gasteiger partial charge >= 0.3 is 0 Å². The number of rotatable bonds is 5. The molecular formula is C24H18ClOP. The van der Waals surface area contributed by atoms with Gasteiger partial charge in [-0.15, -0.1) is 0 Å². The fourth-order valence-corrected chi connectivity index (χ4v) is 4.26. The number of hydrogen-bond donors (Lipinski definition) is 0. The Morgan fingerprint density at radius 2 is 1.30 bits per heavy atom. The molecule has 0 saturated carbocycles. The number of para-hydroxylation sites is 1. The van der Waals surface area contributed by atoms with Crippen LogP contribution in [0.2, 0.25) is 5.02 Å². The van der Waals surface area contributed by atoms with E-state index >= 15 is 0 Å². The Labute approximate surface area is 166 Å². The fourth-order valence-electron chi connectivity index (χ4n) is 2.88. The second kappa shape index (κ2) is 8.39. The normalized spacial score (nSPS) is 11.0. The van der Waals surface area contributed by atoms with Crippen molar-refractivity contribution in [3.63, 3.8) is 0 Å². The zero-order valence-corrected chi connectivity index (χ0v) is 16.4. The van der Waals surface area contributed by atoms with Crippen molar-refractivity contribution in [1.29, 1.82) is 0 Å². The van der Waals surface area contributed by atoms with Gasteiger partial charge < -0.3 is 4.74 Å². The first-order chi connectivity index (χ1) is 13.3. The molecule has 0 radical (unpaired) electrons. The summed E-state index contributed by atoms with van der Waals surface area (Å²) in [4.78, 5) is 0. The van der Waals surface area contributed by atoms with E-state index in [9.17, 15) is 0 Å². The van der Waals surface area contributed by atoms with E-state index in [1.165, 1.54) is 21.7 Å². The first kappa shape index (κ1) is 17.8. The summed E-state index contributed by atoms with van der Waals surface area (Å²) in [7, 11) is 0.626. The quantitative estimate of drug-likeness (QED) is 0.358. The second-order valence-corrected chi connectivity index (χ2v) is 7.87. The molecule has 4 aromatic carbocycles. The zero-order chi connectivity index (χ0) is 18.5. The summed E-state index contributed by atoms with van der Waals surface area (Å²) in [6.45, 7) is 0. The van der Waals surface area contributed by atoms with Gasteiger partial charge in [-0.25, -0.2) is 0 Å². The van der Waals surface area contributed by atoms with Crippen molar-refractivity contribution in [3.05, 3.63) is 108 Å². The summed E-state index contributed by atoms with van der Waals surface area (Å²) in [6, 6.07) is 34.8. The van der Waals surface area contributed by atoms with Gasteiger partial charge in [0.05, 0.1) is 5.02 Å². The lowest BCUT2D eigenvalue weighted by Crippen LogP contribution is -2.05. The third kappa shape index (κ3) is 4.39. The van der Waals surface area contributed by atoms with Crippen LogP contribution in [0.25, 0.3) is 11.1 Å². The average Bonchev–Trinajstić information content (AvgIpc) is 2.72. The van der Waals surface area contributed by atoms with Gasteiger partial charge in [-0.3, -0.25) is 0 Å². The summed E-state index contributed by atoms with van der Waals surface area (Å²) in [5.74, 6) is 1.44. The van der Waals surface area contributed by atoms with Crippen molar-refractivity contribution in [2.45, 2.75) is 0 Å². The average molecular weight is 389 g/mol. The minimum Gasteiger partial charge on any atom is -0.456 e. The van der Waals surface area contributed by atoms with Crippen molar-refractivity contribution < 1.29 is 4.74 Å². The molecule has 0 N–H and O–H groups in total. The van der Waals surface area contributed by atoms with Crippen molar-refractivity contribution in [1.82, 2.24) is 0 Å². The molecule has 0 aromatic heterocycles. The van der Waals surface area contributed by atoms with Crippen LogP contribution in [0.3, 0.4) is 0 Å². The summed E-state index contributed by atoms with van der Waals surface area (Å²) >= 11 is 6.18. The largest absolute Gasteiger partial charge is 0.456 e. The molecule has 0 aliphatic heterocycles. The standard InChI is InChI=1S/C24H18ClOP/c25-22-11-5-6-12-23(22)26-19-16-14-18(15-17-19)21-10-4-7-13-24(21)27-20-8-2-1-3-9-20/h1-17,27H. The maximum Gasteiger partial charge on any atom is 0.146 e. The van der Waals surface area contributed by atoms with Crippen LogP contribution in [0.1, 0.15) is 0 Å². The van der Waals surface area contributed by atoms with E-state index in [1.807, 2.05) is 36.4 Å². The number of halogens is 1. The van der Waals surface area contributed by atoms with E-state index in [1.54, 1.807) is 0 Å². The lowest BCUT2D eigenvalue weighted by Gasteiger charge is -2.12. The van der Waals surface area contributed by atoms with Crippen LogP contribution in [0.4, 0.5) is 0 Å². The summed E-state index contributed by atoms with van der Waals surface area (Å²) in [5, 5.41) is 3.28. The van der Waals surface area contributed by atoms with Gasteiger partial charge in [-0.2, -0.15) is 0 Å². The Bertz CT molecular complexity index is 1030. The summed E-state index contributed by atoms with van der Waals surface area (Å²) < 4.78 is 5.90. The Morgan fingerprint density at radius 1 is 0.630 bits per heavy atom. The van der Waals surface area contributed by atoms with Crippen LogP contribution >= 0.6 is 20.2 Å². The Kier molecular flexibility index (Phi) is 5.53. The molecule has 0 amide bonds. The van der Waals surface area contributed by atoms with E-state index in [4.69, 9.17) is 16.3 Å². The van der Waals surface area contributed by atoms with Gasteiger partial charge in [-0.05, 0) is 46.0 Å². The number of hydrogen-bond acceptors (Lipinski definition) is 1. The molecule has 0 aliphatic carbocycles. The van der Waals surface area contributed by atoms with Gasteiger partial charge in [-0.1, -0.05) is 99.0 Å². The SMILES string of the molecule is Clc1ccccc1Oc1ccc(-c2ccccc2Pc2ccccc2)cc1. The van der Waals surface area contributed by atoms with Crippen molar-refractivity contribution in [3.8, 4) is 22.6 Å². The van der Waals surface area contributed by atoms with E-state index in [-0.39, 0.29) is 0 Å². The van der Waals surface area contributed by atoms with Crippen LogP contribution < -0.4 is 15.3 Å². The lowest BCUT2D eigenvalue weighted by molar-refractivity contribution is 0.483. The lowest BCUT2D eigenvalue weighted by atomic mass is 10.1. The third-order valence-electron chi connectivity index (χ3n) is 4.21. The number of ether oxygens (including phenoxy) is 1. The molecule has 4 rings (SSSR count). The second-order valence-electron chi connectivity index (χ2n) is 6.09. The third-order valence-corrected chi connectivity index (χ3v) is 5.85. The van der Waals surface area contributed by atoms with E-state index in [0.29, 0.717) is 19.4 Å². The van der Waals surface area contributed by atoms with Gasteiger partial charge in [0, 0.05) is 0 Å². The molecular weight excluding hydrogens is 371 g/mol. The molecule has 0 saturated heterocycles. The molecule has 1 nitrogen and oxygen atoms in total. The highest BCUT2D eigenvalue weighted by molar-refractivity contribution is 7.55. The van der Waals surface area contributed by atoms with Crippen molar-refractivity contribution in [2.75, 3.05) is 0 Å². The Balaban J connectivity index is 1.58. The minimum absolute atomic E-state index is 0.607. The molecule has 1 atom stereocenters. The van der Waals surface area contributed by atoms with Gasteiger partial charge in [0.15, 0.2) is 0 Å². The predicted octanol–water partition coefficient (Wildman–Crippen LogP) is 6.43. The predicted molar refractivity (Wildman–Crippen MR) is 117 cm³/mol. The molecule has 0 aliphatic rings. The molecule has 27 heavy (non-hydrogen) atoms.